The zero-order valence-corrected chi connectivity index (χ0v) is 13.9. The molecule has 0 bridgehead atoms. The van der Waals surface area contributed by atoms with Gasteiger partial charge in [-0.25, -0.2) is 0 Å². The number of halogens is 1. The van der Waals surface area contributed by atoms with Crippen molar-refractivity contribution >= 4 is 18.3 Å². The summed E-state index contributed by atoms with van der Waals surface area (Å²) >= 11 is 0. The molecule has 126 valence electrons. The Bertz CT molecular complexity index is 766. The van der Waals surface area contributed by atoms with Crippen LogP contribution in [0.5, 0.6) is 11.5 Å². The van der Waals surface area contributed by atoms with Crippen LogP contribution in [-0.4, -0.2) is 36.7 Å². The van der Waals surface area contributed by atoms with E-state index in [1.54, 1.807) is 0 Å². The van der Waals surface area contributed by atoms with Crippen molar-refractivity contribution in [2.45, 2.75) is 12.5 Å². The van der Waals surface area contributed by atoms with Crippen LogP contribution in [0.15, 0.2) is 42.5 Å². The lowest BCUT2D eigenvalue weighted by Gasteiger charge is -2.16. The van der Waals surface area contributed by atoms with Gasteiger partial charge in [0.05, 0.1) is 0 Å². The summed E-state index contributed by atoms with van der Waals surface area (Å²) < 4.78 is 10.8. The molecule has 0 aliphatic carbocycles. The van der Waals surface area contributed by atoms with Crippen LogP contribution in [-0.2, 0) is 0 Å². The molecule has 0 radical (unpaired) electrons. The lowest BCUT2D eigenvalue weighted by molar-refractivity contribution is 0.0791. The number of hydrogen-bond donors (Lipinski definition) is 1. The lowest BCUT2D eigenvalue weighted by atomic mass is 10.0. The number of benzene rings is 2. The second kappa shape index (κ2) is 6.71. The number of fused-ring (bicyclic) bond motifs is 1. The standard InChI is InChI=1S/C18H18N2O3.ClH/c19-15-6-7-20(10-15)18(21)14-3-1-2-12(8-14)13-4-5-16-17(9-13)23-11-22-16;/h1-5,8-9,15H,6-7,10-11,19H2;1H. The van der Waals surface area contributed by atoms with Crippen LogP contribution in [0.4, 0.5) is 0 Å². The van der Waals surface area contributed by atoms with Gasteiger partial charge in [-0.3, -0.25) is 4.79 Å². The predicted octanol–water partition coefficient (Wildman–Crippen LogP) is 2.68. The molecule has 1 fully saturated rings. The van der Waals surface area contributed by atoms with E-state index in [0.717, 1.165) is 35.6 Å². The maximum atomic E-state index is 12.6. The van der Waals surface area contributed by atoms with Gasteiger partial charge < -0.3 is 20.1 Å². The molecule has 1 amide bonds. The van der Waals surface area contributed by atoms with E-state index in [-0.39, 0.29) is 31.1 Å². The first-order valence-corrected chi connectivity index (χ1v) is 7.76. The second-order valence-corrected chi connectivity index (χ2v) is 5.95. The quantitative estimate of drug-likeness (QED) is 0.908. The van der Waals surface area contributed by atoms with E-state index in [1.165, 1.54) is 0 Å². The minimum atomic E-state index is 0. The molecule has 0 aromatic heterocycles. The van der Waals surface area contributed by atoms with Gasteiger partial charge in [-0.15, -0.1) is 12.4 Å². The molecule has 2 N–H and O–H groups in total. The SMILES string of the molecule is Cl.NC1CCN(C(=O)c2cccc(-c3ccc4c(c3)OCO4)c2)C1. The van der Waals surface area contributed by atoms with Crippen molar-refractivity contribution in [3.63, 3.8) is 0 Å². The van der Waals surface area contributed by atoms with Crippen LogP contribution in [0.3, 0.4) is 0 Å². The summed E-state index contributed by atoms with van der Waals surface area (Å²) in [4.78, 5) is 14.4. The molecular weight excluding hydrogens is 328 g/mol. The van der Waals surface area contributed by atoms with Gasteiger partial charge in [-0.2, -0.15) is 0 Å². The third kappa shape index (κ3) is 3.05. The number of hydrogen-bond acceptors (Lipinski definition) is 4. The maximum absolute atomic E-state index is 12.6. The Labute approximate surface area is 146 Å². The van der Waals surface area contributed by atoms with Crippen LogP contribution in [0.25, 0.3) is 11.1 Å². The van der Waals surface area contributed by atoms with Crippen molar-refractivity contribution in [3.8, 4) is 22.6 Å². The zero-order chi connectivity index (χ0) is 15.8. The predicted molar refractivity (Wildman–Crippen MR) is 93.7 cm³/mol. The summed E-state index contributed by atoms with van der Waals surface area (Å²) in [6.45, 7) is 1.62. The lowest BCUT2D eigenvalue weighted by Crippen LogP contribution is -2.31. The largest absolute Gasteiger partial charge is 0.454 e. The minimum absolute atomic E-state index is 0. The molecule has 2 heterocycles. The molecule has 24 heavy (non-hydrogen) atoms. The molecule has 4 rings (SSSR count). The van der Waals surface area contributed by atoms with E-state index in [0.29, 0.717) is 12.1 Å². The molecule has 0 saturated carbocycles. The first-order chi connectivity index (χ1) is 11.2. The zero-order valence-electron chi connectivity index (χ0n) is 13.1. The third-order valence-corrected chi connectivity index (χ3v) is 4.33. The highest BCUT2D eigenvalue weighted by molar-refractivity contribution is 5.95. The second-order valence-electron chi connectivity index (χ2n) is 5.95. The summed E-state index contributed by atoms with van der Waals surface area (Å²) in [5.41, 5.74) is 8.57. The summed E-state index contributed by atoms with van der Waals surface area (Å²) in [6, 6.07) is 13.6. The minimum Gasteiger partial charge on any atom is -0.454 e. The Kier molecular flexibility index (Phi) is 4.64. The van der Waals surface area contributed by atoms with Crippen molar-refractivity contribution in [3.05, 3.63) is 48.0 Å². The fourth-order valence-corrected chi connectivity index (χ4v) is 3.06. The topological polar surface area (TPSA) is 64.8 Å². The number of ether oxygens (including phenoxy) is 2. The smallest absolute Gasteiger partial charge is 0.253 e. The van der Waals surface area contributed by atoms with E-state index in [9.17, 15) is 4.79 Å². The summed E-state index contributed by atoms with van der Waals surface area (Å²) in [6.07, 6.45) is 0.869. The molecule has 5 nitrogen and oxygen atoms in total. The van der Waals surface area contributed by atoms with Crippen LogP contribution in [0.2, 0.25) is 0 Å². The Hall–Kier alpha value is -2.24. The molecule has 1 atom stereocenters. The molecule has 1 saturated heterocycles. The number of carbonyl (C=O) groups is 1. The van der Waals surface area contributed by atoms with E-state index in [4.69, 9.17) is 15.2 Å². The van der Waals surface area contributed by atoms with Crippen molar-refractivity contribution in [1.29, 1.82) is 0 Å². The van der Waals surface area contributed by atoms with Gasteiger partial charge in [0.1, 0.15) is 0 Å². The average Bonchev–Trinajstić information content (AvgIpc) is 3.22. The van der Waals surface area contributed by atoms with Gasteiger partial charge in [0.25, 0.3) is 5.91 Å². The highest BCUT2D eigenvalue weighted by atomic mass is 35.5. The number of rotatable bonds is 2. The van der Waals surface area contributed by atoms with Gasteiger partial charge in [0, 0.05) is 24.7 Å². The van der Waals surface area contributed by atoms with Gasteiger partial charge in [0.15, 0.2) is 11.5 Å². The molecular formula is C18H19ClN2O3. The van der Waals surface area contributed by atoms with E-state index < -0.39 is 0 Å². The molecule has 2 aliphatic rings. The van der Waals surface area contributed by atoms with Gasteiger partial charge in [-0.1, -0.05) is 18.2 Å². The van der Waals surface area contributed by atoms with Crippen LogP contribution in [0, 0.1) is 0 Å². The monoisotopic (exact) mass is 346 g/mol. The van der Waals surface area contributed by atoms with Crippen molar-refractivity contribution in [2.75, 3.05) is 19.9 Å². The molecule has 6 heteroatoms. The van der Waals surface area contributed by atoms with Crippen molar-refractivity contribution in [1.82, 2.24) is 4.90 Å². The molecule has 2 aromatic carbocycles. The van der Waals surface area contributed by atoms with Crippen LogP contribution >= 0.6 is 12.4 Å². The summed E-state index contributed by atoms with van der Waals surface area (Å²) in [5.74, 6) is 1.54. The van der Waals surface area contributed by atoms with Crippen molar-refractivity contribution < 1.29 is 14.3 Å². The number of likely N-dealkylation sites (tertiary alicyclic amines) is 1. The fourth-order valence-electron chi connectivity index (χ4n) is 3.06. The Balaban J connectivity index is 0.00000169. The first kappa shape index (κ1) is 16.6. The number of nitrogens with two attached hydrogens (primary N) is 1. The third-order valence-electron chi connectivity index (χ3n) is 4.33. The Morgan fingerprint density at radius 2 is 1.88 bits per heavy atom. The summed E-state index contributed by atoms with van der Waals surface area (Å²) in [5, 5.41) is 0. The highest BCUT2D eigenvalue weighted by Crippen LogP contribution is 2.36. The normalized spacial score (nSPS) is 18.4. The van der Waals surface area contributed by atoms with E-state index in [2.05, 4.69) is 0 Å². The first-order valence-electron chi connectivity index (χ1n) is 7.76. The molecule has 2 aromatic rings. The fraction of sp³-hybridized carbons (Fsp3) is 0.278. The van der Waals surface area contributed by atoms with E-state index in [1.807, 2.05) is 47.4 Å². The maximum Gasteiger partial charge on any atom is 0.253 e. The Morgan fingerprint density at radius 1 is 1.08 bits per heavy atom. The van der Waals surface area contributed by atoms with E-state index >= 15 is 0 Å². The van der Waals surface area contributed by atoms with Gasteiger partial charge in [-0.05, 0) is 41.8 Å². The van der Waals surface area contributed by atoms with Crippen LogP contribution < -0.4 is 15.2 Å². The average molecular weight is 347 g/mol. The number of nitrogens with zero attached hydrogens (tertiary/aromatic N) is 1. The molecule has 1 unspecified atom stereocenters. The van der Waals surface area contributed by atoms with Crippen LogP contribution in [0.1, 0.15) is 16.8 Å². The Morgan fingerprint density at radius 3 is 2.67 bits per heavy atom. The van der Waals surface area contributed by atoms with Gasteiger partial charge in [0.2, 0.25) is 6.79 Å². The number of amides is 1. The number of carbonyl (C=O) groups excluding carboxylic acids is 1. The molecule has 0 spiro atoms. The summed E-state index contributed by atoms with van der Waals surface area (Å²) in [7, 11) is 0. The van der Waals surface area contributed by atoms with Gasteiger partial charge >= 0.3 is 0 Å². The highest BCUT2D eigenvalue weighted by Gasteiger charge is 2.24. The van der Waals surface area contributed by atoms with Crippen molar-refractivity contribution in [2.24, 2.45) is 5.73 Å². The molecule has 2 aliphatic heterocycles.